The van der Waals surface area contributed by atoms with Crippen molar-refractivity contribution in [2.45, 2.75) is 50.9 Å². The first-order valence-electron chi connectivity index (χ1n) is 10.5. The van der Waals surface area contributed by atoms with E-state index in [0.717, 1.165) is 5.56 Å². The Kier molecular flexibility index (Phi) is 5.52. The SMILES string of the molecule is CCOC(=O)[C@@H]1[C@H]2C(=O)N(CCO)C(C(=O)Nc3c(C)cccc3Cl)C23CC[C@@]1(C)O3. The van der Waals surface area contributed by atoms with Crippen LogP contribution in [0.1, 0.15) is 32.3 Å². The number of esters is 1. The Morgan fingerprint density at radius 3 is 2.77 bits per heavy atom. The first kappa shape index (κ1) is 22.0. The Balaban J connectivity index is 1.74. The highest BCUT2D eigenvalue weighted by Gasteiger charge is 2.78. The lowest BCUT2D eigenvalue weighted by atomic mass is 9.66. The number of rotatable bonds is 6. The second kappa shape index (κ2) is 7.76. The molecule has 3 saturated heterocycles. The predicted molar refractivity (Wildman–Crippen MR) is 112 cm³/mol. The monoisotopic (exact) mass is 450 g/mol. The molecule has 2 bridgehead atoms. The molecule has 2 N–H and O–H groups in total. The van der Waals surface area contributed by atoms with E-state index < -0.39 is 41.0 Å². The molecule has 4 rings (SSSR count). The fraction of sp³-hybridized carbons (Fsp3) is 0.591. The summed E-state index contributed by atoms with van der Waals surface area (Å²) in [6.45, 7) is 5.18. The number of nitrogens with zero attached hydrogens (tertiary/aromatic N) is 1. The average molecular weight is 451 g/mol. The Hall–Kier alpha value is -2.16. The van der Waals surface area contributed by atoms with Crippen molar-refractivity contribution in [2.75, 3.05) is 25.1 Å². The zero-order valence-corrected chi connectivity index (χ0v) is 18.6. The van der Waals surface area contributed by atoms with Gasteiger partial charge in [-0.1, -0.05) is 23.7 Å². The summed E-state index contributed by atoms with van der Waals surface area (Å²) < 4.78 is 11.6. The number of aliphatic hydroxyl groups is 1. The lowest BCUT2D eigenvalue weighted by Gasteiger charge is -2.33. The van der Waals surface area contributed by atoms with Gasteiger partial charge in [0, 0.05) is 6.54 Å². The van der Waals surface area contributed by atoms with Gasteiger partial charge in [-0.25, -0.2) is 0 Å². The van der Waals surface area contributed by atoms with Crippen LogP contribution in [0, 0.1) is 18.8 Å². The van der Waals surface area contributed by atoms with Gasteiger partial charge < -0.3 is 24.8 Å². The fourth-order valence-electron chi connectivity index (χ4n) is 5.65. The van der Waals surface area contributed by atoms with Gasteiger partial charge in [0.1, 0.15) is 17.6 Å². The van der Waals surface area contributed by atoms with Crippen LogP contribution in [0.2, 0.25) is 5.02 Å². The molecule has 1 aromatic carbocycles. The number of para-hydroxylation sites is 1. The molecule has 0 aliphatic carbocycles. The summed E-state index contributed by atoms with van der Waals surface area (Å²) in [5, 5.41) is 12.8. The van der Waals surface area contributed by atoms with Crippen LogP contribution in [0.4, 0.5) is 5.69 Å². The van der Waals surface area contributed by atoms with Crippen LogP contribution in [-0.4, -0.2) is 64.8 Å². The Morgan fingerprint density at radius 2 is 2.13 bits per heavy atom. The molecule has 2 unspecified atom stereocenters. The number of aryl methyl sites for hydroxylation is 1. The third-order valence-corrected chi connectivity index (χ3v) is 7.19. The van der Waals surface area contributed by atoms with Crippen LogP contribution < -0.4 is 5.32 Å². The number of ether oxygens (including phenoxy) is 2. The van der Waals surface area contributed by atoms with E-state index in [1.807, 2.05) is 13.0 Å². The number of β-amino-alcohol motifs (C(OH)–C–C–N with tert-alkyl or cyclic N) is 1. The highest BCUT2D eigenvalue weighted by atomic mass is 35.5. The predicted octanol–water partition coefficient (Wildman–Crippen LogP) is 1.91. The van der Waals surface area contributed by atoms with Crippen molar-refractivity contribution < 1.29 is 29.0 Å². The molecule has 1 spiro atoms. The first-order valence-corrected chi connectivity index (χ1v) is 10.9. The summed E-state index contributed by atoms with van der Waals surface area (Å²) in [4.78, 5) is 41.1. The van der Waals surface area contributed by atoms with Gasteiger partial charge in [-0.2, -0.15) is 0 Å². The van der Waals surface area contributed by atoms with Crippen LogP contribution in [0.25, 0.3) is 0 Å². The summed E-state index contributed by atoms with van der Waals surface area (Å²) >= 11 is 6.29. The number of fused-ring (bicyclic) bond motifs is 1. The summed E-state index contributed by atoms with van der Waals surface area (Å²) in [6.07, 6.45) is 0.986. The molecule has 9 heteroatoms. The number of hydrogen-bond acceptors (Lipinski definition) is 6. The quantitative estimate of drug-likeness (QED) is 0.641. The number of aliphatic hydroxyl groups excluding tert-OH is 1. The number of hydrogen-bond donors (Lipinski definition) is 2. The van der Waals surface area contributed by atoms with Crippen LogP contribution in [0.15, 0.2) is 18.2 Å². The van der Waals surface area contributed by atoms with E-state index in [9.17, 15) is 19.5 Å². The van der Waals surface area contributed by atoms with Crippen molar-refractivity contribution in [3.05, 3.63) is 28.8 Å². The minimum atomic E-state index is -1.16. The normalized spacial score (nSPS) is 33.5. The van der Waals surface area contributed by atoms with Crippen LogP contribution in [0.3, 0.4) is 0 Å². The fourth-order valence-corrected chi connectivity index (χ4v) is 5.91. The van der Waals surface area contributed by atoms with Crippen LogP contribution >= 0.6 is 11.6 Å². The lowest BCUT2D eigenvalue weighted by Crippen LogP contribution is -2.53. The molecule has 2 amide bonds. The Bertz CT molecular complexity index is 918. The number of carbonyl (C=O) groups excluding carboxylic acids is 3. The van der Waals surface area contributed by atoms with Crippen LogP contribution in [-0.2, 0) is 23.9 Å². The summed E-state index contributed by atoms with van der Waals surface area (Å²) in [7, 11) is 0. The zero-order chi connectivity index (χ0) is 22.6. The molecule has 1 aromatic rings. The van der Waals surface area contributed by atoms with Crippen molar-refractivity contribution in [1.82, 2.24) is 4.90 Å². The first-order chi connectivity index (χ1) is 14.7. The molecule has 3 heterocycles. The Labute approximate surface area is 185 Å². The summed E-state index contributed by atoms with van der Waals surface area (Å²) in [5.74, 6) is -2.94. The molecule has 0 aromatic heterocycles. The highest BCUT2D eigenvalue weighted by Crippen LogP contribution is 2.63. The zero-order valence-electron chi connectivity index (χ0n) is 17.8. The molecule has 168 valence electrons. The molecule has 31 heavy (non-hydrogen) atoms. The number of carbonyl (C=O) groups is 3. The Morgan fingerprint density at radius 1 is 1.39 bits per heavy atom. The van der Waals surface area contributed by atoms with Gasteiger partial charge in [0.05, 0.1) is 35.4 Å². The van der Waals surface area contributed by atoms with E-state index in [-0.39, 0.29) is 25.7 Å². The summed E-state index contributed by atoms with van der Waals surface area (Å²) in [5.41, 5.74) is -0.791. The number of likely N-dealkylation sites (tertiary alicyclic amines) is 1. The molecule has 3 aliphatic rings. The molecule has 8 nitrogen and oxygen atoms in total. The topological polar surface area (TPSA) is 105 Å². The molecule has 3 fully saturated rings. The lowest BCUT2D eigenvalue weighted by molar-refractivity contribution is -0.159. The standard InChI is InChI=1S/C22H27ClN2O6/c1-4-30-20(29)15-14-19(28)25(10-11-26)17(22(14)9-8-21(15,3)31-22)18(27)24-16-12(2)6-5-7-13(16)23/h5-7,14-15,17,26H,4,8-11H2,1-3H3,(H,24,27)/t14-,15-,17?,21+,22?/m0/s1. The van der Waals surface area contributed by atoms with E-state index in [0.29, 0.717) is 23.6 Å². The van der Waals surface area contributed by atoms with Crippen molar-refractivity contribution in [3.8, 4) is 0 Å². The smallest absolute Gasteiger partial charge is 0.312 e. The van der Waals surface area contributed by atoms with Crippen molar-refractivity contribution in [2.24, 2.45) is 11.8 Å². The van der Waals surface area contributed by atoms with E-state index >= 15 is 0 Å². The minimum Gasteiger partial charge on any atom is -0.466 e. The van der Waals surface area contributed by atoms with E-state index in [1.165, 1.54) is 4.90 Å². The maximum absolute atomic E-state index is 13.5. The third-order valence-electron chi connectivity index (χ3n) is 6.88. The van der Waals surface area contributed by atoms with Gasteiger partial charge in [0.2, 0.25) is 11.8 Å². The number of amides is 2. The number of benzene rings is 1. The van der Waals surface area contributed by atoms with Crippen molar-refractivity contribution in [3.63, 3.8) is 0 Å². The van der Waals surface area contributed by atoms with Crippen molar-refractivity contribution in [1.29, 1.82) is 0 Å². The molecule has 3 aliphatic heterocycles. The molecule has 0 radical (unpaired) electrons. The van der Waals surface area contributed by atoms with Crippen molar-refractivity contribution >= 4 is 35.1 Å². The van der Waals surface area contributed by atoms with E-state index in [1.54, 1.807) is 26.0 Å². The van der Waals surface area contributed by atoms with E-state index in [4.69, 9.17) is 21.1 Å². The molecular formula is C22H27ClN2O6. The molecular weight excluding hydrogens is 424 g/mol. The van der Waals surface area contributed by atoms with Gasteiger partial charge in [-0.05, 0) is 45.2 Å². The second-order valence-corrected chi connectivity index (χ2v) is 9.06. The molecule has 5 atom stereocenters. The maximum Gasteiger partial charge on any atom is 0.312 e. The minimum absolute atomic E-state index is 0.0354. The average Bonchev–Trinajstić information content (AvgIpc) is 3.27. The third kappa shape index (κ3) is 3.15. The van der Waals surface area contributed by atoms with Gasteiger partial charge in [-0.3, -0.25) is 14.4 Å². The number of anilines is 1. The van der Waals surface area contributed by atoms with E-state index in [2.05, 4.69) is 5.32 Å². The maximum atomic E-state index is 13.5. The largest absolute Gasteiger partial charge is 0.466 e. The highest BCUT2D eigenvalue weighted by molar-refractivity contribution is 6.34. The number of nitrogens with one attached hydrogen (secondary N) is 1. The van der Waals surface area contributed by atoms with Gasteiger partial charge in [0.25, 0.3) is 0 Å². The number of halogens is 1. The van der Waals surface area contributed by atoms with Gasteiger partial charge >= 0.3 is 5.97 Å². The van der Waals surface area contributed by atoms with Gasteiger partial charge in [-0.15, -0.1) is 0 Å². The van der Waals surface area contributed by atoms with Gasteiger partial charge in [0.15, 0.2) is 0 Å². The molecule has 0 saturated carbocycles. The second-order valence-electron chi connectivity index (χ2n) is 8.66. The van der Waals surface area contributed by atoms with Crippen LogP contribution in [0.5, 0.6) is 0 Å². The summed E-state index contributed by atoms with van der Waals surface area (Å²) in [6, 6.07) is 4.29.